The summed E-state index contributed by atoms with van der Waals surface area (Å²) in [6.45, 7) is 10.9. The SMILES string of the molecule is CC(N)C(C)c1ccc(C(C)(C)C)cc1. The number of hydrogen-bond acceptors (Lipinski definition) is 1. The third-order valence-corrected chi connectivity index (χ3v) is 3.09. The predicted octanol–water partition coefficient (Wildman–Crippen LogP) is 3.43. The lowest BCUT2D eigenvalue weighted by molar-refractivity contribution is 0.586. The Morgan fingerprint density at radius 2 is 1.47 bits per heavy atom. The van der Waals surface area contributed by atoms with Gasteiger partial charge in [0, 0.05) is 6.04 Å². The molecular weight excluding hydrogens is 182 g/mol. The summed E-state index contributed by atoms with van der Waals surface area (Å²) in [5.41, 5.74) is 8.83. The van der Waals surface area contributed by atoms with E-state index in [2.05, 4.69) is 58.9 Å². The van der Waals surface area contributed by atoms with Crippen molar-refractivity contribution in [1.82, 2.24) is 0 Å². The molecular formula is C14H23N. The fourth-order valence-electron chi connectivity index (χ4n) is 1.59. The van der Waals surface area contributed by atoms with Crippen molar-refractivity contribution >= 4 is 0 Å². The maximum absolute atomic E-state index is 5.89. The third-order valence-electron chi connectivity index (χ3n) is 3.09. The van der Waals surface area contributed by atoms with Crippen LogP contribution in [0.5, 0.6) is 0 Å². The minimum Gasteiger partial charge on any atom is -0.327 e. The van der Waals surface area contributed by atoms with Gasteiger partial charge >= 0.3 is 0 Å². The highest BCUT2D eigenvalue weighted by atomic mass is 14.6. The van der Waals surface area contributed by atoms with Gasteiger partial charge in [-0.1, -0.05) is 52.0 Å². The van der Waals surface area contributed by atoms with Gasteiger partial charge in [-0.2, -0.15) is 0 Å². The summed E-state index contributed by atoms with van der Waals surface area (Å²) < 4.78 is 0. The Morgan fingerprint density at radius 3 is 1.80 bits per heavy atom. The molecule has 0 spiro atoms. The molecule has 84 valence electrons. The van der Waals surface area contributed by atoms with Crippen molar-refractivity contribution in [3.05, 3.63) is 35.4 Å². The molecule has 0 aliphatic carbocycles. The average Bonchev–Trinajstić information content (AvgIpc) is 2.15. The van der Waals surface area contributed by atoms with Crippen molar-refractivity contribution in [2.24, 2.45) is 5.73 Å². The van der Waals surface area contributed by atoms with E-state index in [0.717, 1.165) is 0 Å². The zero-order chi connectivity index (χ0) is 11.6. The topological polar surface area (TPSA) is 26.0 Å². The van der Waals surface area contributed by atoms with Crippen molar-refractivity contribution in [2.75, 3.05) is 0 Å². The summed E-state index contributed by atoms with van der Waals surface area (Å²) in [5.74, 6) is 0.430. The fourth-order valence-corrected chi connectivity index (χ4v) is 1.59. The summed E-state index contributed by atoms with van der Waals surface area (Å²) in [5, 5.41) is 0. The largest absolute Gasteiger partial charge is 0.327 e. The third kappa shape index (κ3) is 3.07. The zero-order valence-corrected chi connectivity index (χ0v) is 10.5. The van der Waals surface area contributed by atoms with E-state index in [4.69, 9.17) is 5.73 Å². The van der Waals surface area contributed by atoms with E-state index in [1.165, 1.54) is 11.1 Å². The van der Waals surface area contributed by atoms with Crippen LogP contribution in [-0.2, 0) is 5.41 Å². The Balaban J connectivity index is 2.91. The Hall–Kier alpha value is -0.820. The minimum absolute atomic E-state index is 0.213. The predicted molar refractivity (Wildman–Crippen MR) is 67.2 cm³/mol. The molecule has 0 heterocycles. The quantitative estimate of drug-likeness (QED) is 0.786. The molecule has 0 fully saturated rings. The maximum atomic E-state index is 5.89. The van der Waals surface area contributed by atoms with Crippen LogP contribution in [0.2, 0.25) is 0 Å². The summed E-state index contributed by atoms with van der Waals surface area (Å²) in [6, 6.07) is 9.05. The molecule has 1 aromatic carbocycles. The molecule has 0 radical (unpaired) electrons. The van der Waals surface area contributed by atoms with Crippen molar-refractivity contribution in [3.63, 3.8) is 0 Å². The molecule has 0 aliphatic heterocycles. The van der Waals surface area contributed by atoms with Gasteiger partial charge < -0.3 is 5.73 Å². The van der Waals surface area contributed by atoms with E-state index < -0.39 is 0 Å². The van der Waals surface area contributed by atoms with Gasteiger partial charge in [-0.05, 0) is 29.4 Å². The maximum Gasteiger partial charge on any atom is 0.00766 e. The fraction of sp³-hybridized carbons (Fsp3) is 0.571. The van der Waals surface area contributed by atoms with Gasteiger partial charge in [-0.3, -0.25) is 0 Å². The van der Waals surface area contributed by atoms with Crippen molar-refractivity contribution in [1.29, 1.82) is 0 Å². The molecule has 1 heteroatoms. The Labute approximate surface area is 93.7 Å². The zero-order valence-electron chi connectivity index (χ0n) is 10.5. The van der Waals surface area contributed by atoms with Gasteiger partial charge in [0.1, 0.15) is 0 Å². The second-order valence-corrected chi connectivity index (χ2v) is 5.52. The van der Waals surface area contributed by atoms with Crippen LogP contribution < -0.4 is 5.73 Å². The van der Waals surface area contributed by atoms with Crippen molar-refractivity contribution < 1.29 is 0 Å². The van der Waals surface area contributed by atoms with Gasteiger partial charge in [0.2, 0.25) is 0 Å². The molecule has 2 atom stereocenters. The van der Waals surface area contributed by atoms with Crippen LogP contribution in [0, 0.1) is 0 Å². The minimum atomic E-state index is 0.213. The molecule has 0 amide bonds. The smallest absolute Gasteiger partial charge is 0.00766 e. The highest BCUT2D eigenvalue weighted by Gasteiger charge is 2.15. The molecule has 1 aromatic rings. The highest BCUT2D eigenvalue weighted by molar-refractivity contribution is 5.29. The number of rotatable bonds is 2. The van der Waals surface area contributed by atoms with E-state index in [1.54, 1.807) is 0 Å². The Bertz CT molecular complexity index is 303. The summed E-state index contributed by atoms with van der Waals surface area (Å²) in [7, 11) is 0. The van der Waals surface area contributed by atoms with Crippen LogP contribution in [-0.4, -0.2) is 6.04 Å². The molecule has 0 saturated carbocycles. The van der Waals surface area contributed by atoms with Crippen LogP contribution in [0.25, 0.3) is 0 Å². The van der Waals surface area contributed by atoms with Gasteiger partial charge in [0.05, 0.1) is 0 Å². The first-order valence-electron chi connectivity index (χ1n) is 5.68. The number of nitrogens with two attached hydrogens (primary N) is 1. The Kier molecular flexibility index (Phi) is 3.56. The van der Waals surface area contributed by atoms with Crippen molar-refractivity contribution in [3.8, 4) is 0 Å². The van der Waals surface area contributed by atoms with E-state index >= 15 is 0 Å². The lowest BCUT2D eigenvalue weighted by Crippen LogP contribution is -2.22. The Morgan fingerprint density at radius 1 is 1.00 bits per heavy atom. The normalized spacial score (nSPS) is 16.1. The number of hydrogen-bond donors (Lipinski definition) is 1. The van der Waals surface area contributed by atoms with Crippen molar-refractivity contribution in [2.45, 2.75) is 52.0 Å². The lowest BCUT2D eigenvalue weighted by atomic mass is 9.85. The van der Waals surface area contributed by atoms with Gasteiger partial charge in [0.15, 0.2) is 0 Å². The first-order chi connectivity index (χ1) is 6.82. The second kappa shape index (κ2) is 4.36. The molecule has 0 saturated heterocycles. The first kappa shape index (κ1) is 12.3. The molecule has 2 N–H and O–H groups in total. The van der Waals surface area contributed by atoms with Crippen LogP contribution in [0.3, 0.4) is 0 Å². The van der Waals surface area contributed by atoms with Crippen LogP contribution in [0.4, 0.5) is 0 Å². The number of benzene rings is 1. The average molecular weight is 205 g/mol. The summed E-state index contributed by atoms with van der Waals surface area (Å²) in [4.78, 5) is 0. The lowest BCUT2D eigenvalue weighted by Gasteiger charge is -2.21. The monoisotopic (exact) mass is 205 g/mol. The van der Waals surface area contributed by atoms with Gasteiger partial charge in [-0.25, -0.2) is 0 Å². The van der Waals surface area contributed by atoms with Crippen LogP contribution in [0.15, 0.2) is 24.3 Å². The van der Waals surface area contributed by atoms with E-state index in [1.807, 2.05) is 0 Å². The molecule has 0 aliphatic rings. The standard InChI is InChI=1S/C14H23N/c1-10(11(2)15)12-6-8-13(9-7-12)14(3,4)5/h6-11H,15H2,1-5H3. The molecule has 1 rings (SSSR count). The van der Waals surface area contributed by atoms with E-state index in [-0.39, 0.29) is 11.5 Å². The van der Waals surface area contributed by atoms with E-state index in [9.17, 15) is 0 Å². The first-order valence-corrected chi connectivity index (χ1v) is 5.68. The molecule has 1 nitrogen and oxygen atoms in total. The molecule has 0 bridgehead atoms. The summed E-state index contributed by atoms with van der Waals surface area (Å²) in [6.07, 6.45) is 0. The van der Waals surface area contributed by atoms with Crippen LogP contribution >= 0.6 is 0 Å². The van der Waals surface area contributed by atoms with Gasteiger partial charge in [0.25, 0.3) is 0 Å². The van der Waals surface area contributed by atoms with Gasteiger partial charge in [-0.15, -0.1) is 0 Å². The highest BCUT2D eigenvalue weighted by Crippen LogP contribution is 2.25. The summed E-state index contributed by atoms with van der Waals surface area (Å²) >= 11 is 0. The molecule has 2 unspecified atom stereocenters. The van der Waals surface area contributed by atoms with Crippen LogP contribution in [0.1, 0.15) is 51.7 Å². The molecule has 0 aromatic heterocycles. The van der Waals surface area contributed by atoms with E-state index in [0.29, 0.717) is 5.92 Å². The second-order valence-electron chi connectivity index (χ2n) is 5.52. The molecule has 15 heavy (non-hydrogen) atoms.